The van der Waals surface area contributed by atoms with Crippen molar-refractivity contribution in [1.82, 2.24) is 9.88 Å². The topological polar surface area (TPSA) is 37.9 Å². The number of pyridine rings is 1. The van der Waals surface area contributed by atoms with Gasteiger partial charge in [-0.1, -0.05) is 31.0 Å². The quantitative estimate of drug-likeness (QED) is 0.418. The largest absolute Gasteiger partial charge is 1.00 e. The molecule has 0 atom stereocenters. The molecule has 0 unspecified atom stereocenters. The maximum Gasteiger partial charge on any atom is 0.240 e. The van der Waals surface area contributed by atoms with Crippen LogP contribution in [0.5, 0.6) is 0 Å². The summed E-state index contributed by atoms with van der Waals surface area (Å²) in [6.45, 7) is 0.365. The number of nitrogens with zero attached hydrogens (tertiary/aromatic N) is 2. The monoisotopic (exact) mass is 487 g/mol. The lowest BCUT2D eigenvalue weighted by atomic mass is 10.1. The SMILES string of the molecule is C[n+]1ccccc1/C=C/c1cn(CC(=O)NC2CCCC2)c2ccccc12.[I-]. The number of rotatable bonds is 5. The number of halogens is 1. The minimum absolute atomic E-state index is 0. The molecule has 2 aromatic heterocycles. The number of hydrogen-bond acceptors (Lipinski definition) is 1. The molecule has 1 saturated carbocycles. The highest BCUT2D eigenvalue weighted by Gasteiger charge is 2.18. The Labute approximate surface area is 183 Å². The zero-order chi connectivity index (χ0) is 18.6. The maximum atomic E-state index is 12.5. The average Bonchev–Trinajstić information content (AvgIpc) is 3.30. The molecule has 3 aromatic rings. The molecular weight excluding hydrogens is 461 g/mol. The van der Waals surface area contributed by atoms with Crippen molar-refractivity contribution in [2.75, 3.05) is 0 Å². The van der Waals surface area contributed by atoms with Gasteiger partial charge >= 0.3 is 0 Å². The minimum Gasteiger partial charge on any atom is -1.00 e. The third-order valence-electron chi connectivity index (χ3n) is 5.38. The molecule has 1 fully saturated rings. The molecule has 1 aromatic carbocycles. The predicted molar refractivity (Wildman–Crippen MR) is 109 cm³/mol. The van der Waals surface area contributed by atoms with Crippen molar-refractivity contribution in [3.8, 4) is 0 Å². The van der Waals surface area contributed by atoms with Crippen molar-refractivity contribution < 1.29 is 33.3 Å². The van der Waals surface area contributed by atoms with Crippen LogP contribution in [0.25, 0.3) is 23.1 Å². The van der Waals surface area contributed by atoms with Crippen molar-refractivity contribution in [1.29, 1.82) is 0 Å². The Balaban J connectivity index is 0.00000225. The van der Waals surface area contributed by atoms with E-state index in [1.54, 1.807) is 0 Å². The van der Waals surface area contributed by atoms with E-state index in [9.17, 15) is 4.79 Å². The van der Waals surface area contributed by atoms with Crippen molar-refractivity contribution >= 4 is 29.0 Å². The number of carbonyl (C=O) groups is 1. The van der Waals surface area contributed by atoms with E-state index >= 15 is 0 Å². The molecule has 4 rings (SSSR count). The summed E-state index contributed by atoms with van der Waals surface area (Å²) in [5.41, 5.74) is 3.35. The smallest absolute Gasteiger partial charge is 0.240 e. The normalized spacial score (nSPS) is 14.5. The number of aromatic nitrogens is 2. The van der Waals surface area contributed by atoms with Crippen molar-refractivity contribution in [2.24, 2.45) is 7.05 Å². The standard InChI is InChI=1S/C23H25N3O.HI/c1-25-15-7-6-10-20(25)14-13-18-16-26(22-12-5-4-11-21(18)22)17-23(27)24-19-8-2-3-9-19;/h4-7,10-16,19H,2-3,8-9,17H2,1H3;1H. The lowest BCUT2D eigenvalue weighted by Gasteiger charge is -2.12. The lowest BCUT2D eigenvalue weighted by Crippen LogP contribution is -3.00. The van der Waals surface area contributed by atoms with Gasteiger partial charge in [0.2, 0.25) is 11.6 Å². The van der Waals surface area contributed by atoms with Crippen LogP contribution in [0.1, 0.15) is 36.9 Å². The first kappa shape index (κ1) is 20.6. The first-order valence-corrected chi connectivity index (χ1v) is 9.71. The molecule has 1 aliphatic carbocycles. The molecule has 0 aliphatic heterocycles. The van der Waals surface area contributed by atoms with E-state index in [0.717, 1.165) is 29.6 Å². The number of para-hydroxylation sites is 1. The minimum atomic E-state index is 0. The van der Waals surface area contributed by atoms with Gasteiger partial charge in [0.1, 0.15) is 13.6 Å². The molecule has 1 aliphatic rings. The zero-order valence-electron chi connectivity index (χ0n) is 16.1. The van der Waals surface area contributed by atoms with Gasteiger partial charge in [-0.25, -0.2) is 4.57 Å². The van der Waals surface area contributed by atoms with Gasteiger partial charge in [-0.2, -0.15) is 0 Å². The summed E-state index contributed by atoms with van der Waals surface area (Å²) in [7, 11) is 2.04. The molecule has 0 spiro atoms. The van der Waals surface area contributed by atoms with Gasteiger partial charge in [0.25, 0.3) is 0 Å². The molecule has 1 N–H and O–H groups in total. The third kappa shape index (κ3) is 4.63. The summed E-state index contributed by atoms with van der Waals surface area (Å²) in [5.74, 6) is 0.104. The second-order valence-electron chi connectivity index (χ2n) is 7.35. The Kier molecular flexibility index (Phi) is 6.88. The summed E-state index contributed by atoms with van der Waals surface area (Å²) in [4.78, 5) is 12.5. The zero-order valence-corrected chi connectivity index (χ0v) is 18.3. The second-order valence-corrected chi connectivity index (χ2v) is 7.35. The number of fused-ring (bicyclic) bond motifs is 1. The molecule has 146 valence electrons. The Morgan fingerprint density at radius 1 is 1.14 bits per heavy atom. The van der Waals surface area contributed by atoms with E-state index in [0.29, 0.717) is 12.6 Å². The summed E-state index contributed by atoms with van der Waals surface area (Å²) >= 11 is 0. The van der Waals surface area contributed by atoms with Gasteiger partial charge < -0.3 is 33.9 Å². The van der Waals surface area contributed by atoms with Crippen molar-refractivity contribution in [3.63, 3.8) is 0 Å². The molecule has 0 saturated heterocycles. The van der Waals surface area contributed by atoms with Crippen molar-refractivity contribution in [2.45, 2.75) is 38.3 Å². The number of aryl methyl sites for hydroxylation is 1. The van der Waals surface area contributed by atoms with E-state index in [-0.39, 0.29) is 29.9 Å². The molecule has 1 amide bonds. The van der Waals surface area contributed by atoms with Crippen LogP contribution in [0.15, 0.2) is 54.9 Å². The lowest BCUT2D eigenvalue weighted by molar-refractivity contribution is -0.673. The van der Waals surface area contributed by atoms with E-state index in [1.165, 1.54) is 18.2 Å². The summed E-state index contributed by atoms with van der Waals surface area (Å²) in [6.07, 6.45) is 13.0. The molecule has 4 nitrogen and oxygen atoms in total. The number of nitrogens with one attached hydrogen (secondary N) is 1. The fourth-order valence-electron chi connectivity index (χ4n) is 3.92. The number of amides is 1. The van der Waals surface area contributed by atoms with E-state index in [1.807, 2.05) is 37.5 Å². The number of carbonyl (C=O) groups excluding carboxylic acids is 1. The van der Waals surface area contributed by atoms with E-state index in [2.05, 4.69) is 51.0 Å². The van der Waals surface area contributed by atoms with Crippen LogP contribution in [-0.2, 0) is 18.4 Å². The number of hydrogen-bond donors (Lipinski definition) is 1. The average molecular weight is 487 g/mol. The van der Waals surface area contributed by atoms with E-state index < -0.39 is 0 Å². The fraction of sp³-hybridized carbons (Fsp3) is 0.304. The first-order chi connectivity index (χ1) is 13.2. The van der Waals surface area contributed by atoms with Crippen LogP contribution in [0, 0.1) is 0 Å². The third-order valence-corrected chi connectivity index (χ3v) is 5.38. The van der Waals surface area contributed by atoms with Gasteiger partial charge in [0, 0.05) is 46.9 Å². The predicted octanol–water partition coefficient (Wildman–Crippen LogP) is 0.699. The summed E-state index contributed by atoms with van der Waals surface area (Å²) < 4.78 is 4.15. The molecule has 0 radical (unpaired) electrons. The van der Waals surface area contributed by atoms with Crippen LogP contribution < -0.4 is 33.9 Å². The van der Waals surface area contributed by atoms with Crippen LogP contribution in [0.2, 0.25) is 0 Å². The fourth-order valence-corrected chi connectivity index (χ4v) is 3.92. The molecule has 0 bridgehead atoms. The molecular formula is C23H26IN3O. The van der Waals surface area contributed by atoms with Crippen LogP contribution in [0.4, 0.5) is 0 Å². The molecule has 28 heavy (non-hydrogen) atoms. The maximum absolute atomic E-state index is 12.5. The Hall–Kier alpha value is -2.15. The Morgan fingerprint density at radius 2 is 1.89 bits per heavy atom. The highest BCUT2D eigenvalue weighted by atomic mass is 127. The number of benzene rings is 1. The van der Waals surface area contributed by atoms with Crippen LogP contribution in [-0.4, -0.2) is 16.5 Å². The van der Waals surface area contributed by atoms with Gasteiger partial charge in [0.15, 0.2) is 6.20 Å². The summed E-state index contributed by atoms with van der Waals surface area (Å²) in [5, 5.41) is 4.35. The van der Waals surface area contributed by atoms with Gasteiger partial charge in [-0.15, -0.1) is 0 Å². The summed E-state index contributed by atoms with van der Waals surface area (Å²) in [6, 6.07) is 14.8. The Bertz CT molecular complexity index is 986. The van der Waals surface area contributed by atoms with Gasteiger partial charge in [0.05, 0.1) is 0 Å². The first-order valence-electron chi connectivity index (χ1n) is 9.71. The van der Waals surface area contributed by atoms with Crippen LogP contribution in [0.3, 0.4) is 0 Å². The molecule has 2 heterocycles. The highest BCUT2D eigenvalue weighted by Crippen LogP contribution is 2.23. The van der Waals surface area contributed by atoms with Crippen molar-refractivity contribution in [3.05, 3.63) is 66.1 Å². The Morgan fingerprint density at radius 3 is 2.68 bits per heavy atom. The highest BCUT2D eigenvalue weighted by molar-refractivity contribution is 5.92. The van der Waals surface area contributed by atoms with Gasteiger partial charge in [-0.3, -0.25) is 4.79 Å². The van der Waals surface area contributed by atoms with E-state index in [4.69, 9.17) is 0 Å². The van der Waals surface area contributed by atoms with Gasteiger partial charge in [-0.05, 0) is 31.1 Å². The second kappa shape index (κ2) is 9.37. The molecule has 5 heteroatoms. The van der Waals surface area contributed by atoms with Crippen LogP contribution >= 0.6 is 0 Å².